The van der Waals surface area contributed by atoms with Crippen LogP contribution in [0.2, 0.25) is 0 Å². The van der Waals surface area contributed by atoms with Gasteiger partial charge in [-0.05, 0) is 66.9 Å². The number of alkyl halides is 1. The Kier molecular flexibility index (Phi) is 7.52. The normalized spacial score (nSPS) is 16.9. The average molecular weight is 659 g/mol. The predicted octanol–water partition coefficient (Wildman–Crippen LogP) is 6.43. The number of hydrogen-bond acceptors (Lipinski definition) is 6. The first-order chi connectivity index (χ1) is 22.5. The van der Waals surface area contributed by atoms with Crippen molar-refractivity contribution < 1.29 is 31.5 Å². The molecule has 242 valence electrons. The number of nitrogens with one attached hydrogen (secondary N) is 1. The largest absolute Gasteiger partial charge is 0.455 e. The maximum absolute atomic E-state index is 15.1. The van der Waals surface area contributed by atoms with Crippen molar-refractivity contribution in [1.29, 1.82) is 0 Å². The molecular weight excluding hydrogens is 626 g/mol. The number of sulfonamides is 1. The number of pyridine rings is 1. The number of nitrogens with zero attached hydrogens (tertiary/aromatic N) is 3. The van der Waals surface area contributed by atoms with E-state index in [0.29, 0.717) is 46.3 Å². The Morgan fingerprint density at radius 1 is 1.17 bits per heavy atom. The van der Waals surface area contributed by atoms with Crippen molar-refractivity contribution in [3.05, 3.63) is 88.9 Å². The van der Waals surface area contributed by atoms with Crippen LogP contribution >= 0.6 is 0 Å². The summed E-state index contributed by atoms with van der Waals surface area (Å²) < 4.78 is 64.0. The Hall–Kier alpha value is -4.81. The van der Waals surface area contributed by atoms with E-state index in [-0.39, 0.29) is 41.7 Å². The van der Waals surface area contributed by atoms with Gasteiger partial charge in [-0.1, -0.05) is 12.1 Å². The summed E-state index contributed by atoms with van der Waals surface area (Å²) >= 11 is 0. The number of rotatable bonds is 7. The van der Waals surface area contributed by atoms with Crippen molar-refractivity contribution in [2.24, 2.45) is 0 Å². The van der Waals surface area contributed by atoms with E-state index in [1.807, 2.05) is 28.9 Å². The van der Waals surface area contributed by atoms with E-state index in [1.54, 1.807) is 18.2 Å². The van der Waals surface area contributed by atoms with Gasteiger partial charge in [0.1, 0.15) is 23.3 Å². The van der Waals surface area contributed by atoms with Crippen molar-refractivity contribution in [1.82, 2.24) is 14.9 Å². The SMILES string of the molecule is CNC(=O)c1c(-c2ccc(F)cc2)oc2cc(N(C)S(C)(=O)=O)c(-c3ccc4c(n3)-c3cc5c(n3C(CCO)C4)C=CCC5F)cc12. The smallest absolute Gasteiger partial charge is 0.255 e. The molecule has 0 bridgehead atoms. The van der Waals surface area contributed by atoms with Gasteiger partial charge in [-0.3, -0.25) is 9.10 Å². The van der Waals surface area contributed by atoms with Crippen LogP contribution in [-0.4, -0.2) is 55.9 Å². The number of aromatic nitrogens is 2. The third-order valence-corrected chi connectivity index (χ3v) is 10.2. The summed E-state index contributed by atoms with van der Waals surface area (Å²) in [7, 11) is -0.844. The van der Waals surface area contributed by atoms with Gasteiger partial charge in [-0.15, -0.1) is 0 Å². The minimum atomic E-state index is -3.76. The zero-order valence-corrected chi connectivity index (χ0v) is 26.7. The van der Waals surface area contributed by atoms with Crippen molar-refractivity contribution >= 4 is 38.7 Å². The summed E-state index contributed by atoms with van der Waals surface area (Å²) in [5, 5.41) is 12.9. The number of carbonyl (C=O) groups is 1. The molecule has 2 aliphatic rings. The fourth-order valence-corrected chi connectivity index (χ4v) is 7.18. The van der Waals surface area contributed by atoms with Gasteiger partial charge in [0.15, 0.2) is 0 Å². The van der Waals surface area contributed by atoms with E-state index in [0.717, 1.165) is 27.5 Å². The van der Waals surface area contributed by atoms with Crippen LogP contribution in [0.4, 0.5) is 14.5 Å². The molecule has 47 heavy (non-hydrogen) atoms. The lowest BCUT2D eigenvalue weighted by molar-refractivity contribution is 0.0964. The second kappa shape index (κ2) is 11.5. The van der Waals surface area contributed by atoms with E-state index < -0.39 is 27.9 Å². The number of benzene rings is 2. The van der Waals surface area contributed by atoms with Crippen LogP contribution in [0.15, 0.2) is 65.1 Å². The minimum absolute atomic E-state index is 0.0276. The van der Waals surface area contributed by atoms with E-state index in [2.05, 4.69) is 5.32 Å². The van der Waals surface area contributed by atoms with Crippen molar-refractivity contribution in [2.75, 3.05) is 31.3 Å². The van der Waals surface area contributed by atoms with Crippen LogP contribution in [0.1, 0.15) is 52.2 Å². The van der Waals surface area contributed by atoms with Gasteiger partial charge in [0.25, 0.3) is 5.91 Å². The van der Waals surface area contributed by atoms with Crippen molar-refractivity contribution in [2.45, 2.75) is 31.5 Å². The number of aliphatic hydroxyl groups is 1. The molecule has 7 rings (SSSR count). The molecule has 2 N–H and O–H groups in total. The first kappa shape index (κ1) is 30.8. The minimum Gasteiger partial charge on any atom is -0.455 e. The monoisotopic (exact) mass is 658 g/mol. The molecule has 5 aromatic rings. The highest BCUT2D eigenvalue weighted by Gasteiger charge is 2.33. The van der Waals surface area contributed by atoms with Gasteiger partial charge in [0.2, 0.25) is 10.0 Å². The molecular formula is C35H32F2N4O5S. The summed E-state index contributed by atoms with van der Waals surface area (Å²) in [6, 6.07) is 14.2. The average Bonchev–Trinajstić information content (AvgIpc) is 3.63. The fraction of sp³-hybridized carbons (Fsp3) is 0.257. The van der Waals surface area contributed by atoms with Gasteiger partial charge in [0, 0.05) is 67.0 Å². The lowest BCUT2D eigenvalue weighted by Gasteiger charge is -2.30. The molecule has 2 atom stereocenters. The molecule has 12 heteroatoms. The third kappa shape index (κ3) is 5.12. The summed E-state index contributed by atoms with van der Waals surface area (Å²) in [5.41, 5.74) is 5.66. The lowest BCUT2D eigenvalue weighted by atomic mass is 9.94. The molecule has 2 unspecified atom stereocenters. The summed E-state index contributed by atoms with van der Waals surface area (Å²) in [5.74, 6) is -0.684. The second-order valence-corrected chi connectivity index (χ2v) is 13.9. The quantitative estimate of drug-likeness (QED) is 0.208. The van der Waals surface area contributed by atoms with Gasteiger partial charge in [-0.25, -0.2) is 22.2 Å². The molecule has 0 spiro atoms. The van der Waals surface area contributed by atoms with Gasteiger partial charge >= 0.3 is 0 Å². The van der Waals surface area contributed by atoms with Crippen molar-refractivity contribution in [3.8, 4) is 34.0 Å². The molecule has 1 amide bonds. The standard InChI is InChI=1S/C35H32F2N4O5S/c1-38-35(43)32-25-16-24(29(40(2)47(3,44)45)18-31(25)46-34(32)19-7-10-21(36)11-8-19)27-12-9-20-15-22(13-14-42)41-28-6-4-5-26(37)23(28)17-30(41)33(20)39-27/h4,6-12,16-18,22,26,42H,5,13-15H2,1-3H3,(H,38,43). The molecule has 4 heterocycles. The number of halogens is 2. The number of aliphatic hydroxyl groups excluding tert-OH is 1. The molecule has 1 aliphatic heterocycles. The molecule has 2 aromatic carbocycles. The highest BCUT2D eigenvalue weighted by atomic mass is 32.2. The van der Waals surface area contributed by atoms with E-state index in [9.17, 15) is 22.7 Å². The van der Waals surface area contributed by atoms with Gasteiger partial charge in [0.05, 0.1) is 34.6 Å². The Balaban J connectivity index is 1.48. The van der Waals surface area contributed by atoms with E-state index >= 15 is 4.39 Å². The number of furan rings is 1. The summed E-state index contributed by atoms with van der Waals surface area (Å²) in [6.07, 6.45) is 4.99. The number of allylic oxidation sites excluding steroid dienone is 1. The molecule has 0 radical (unpaired) electrons. The summed E-state index contributed by atoms with van der Waals surface area (Å²) in [6.45, 7) is -0.0276. The molecule has 0 fully saturated rings. The molecule has 1 aliphatic carbocycles. The highest BCUT2D eigenvalue weighted by Crippen LogP contribution is 2.46. The summed E-state index contributed by atoms with van der Waals surface area (Å²) in [4.78, 5) is 18.4. The van der Waals surface area contributed by atoms with Crippen LogP contribution in [-0.2, 0) is 16.4 Å². The number of amides is 1. The van der Waals surface area contributed by atoms with E-state index in [4.69, 9.17) is 9.40 Å². The van der Waals surface area contributed by atoms with Crippen LogP contribution in [0.3, 0.4) is 0 Å². The van der Waals surface area contributed by atoms with Gasteiger partial charge in [-0.2, -0.15) is 0 Å². The van der Waals surface area contributed by atoms with Crippen LogP contribution < -0.4 is 9.62 Å². The highest BCUT2D eigenvalue weighted by molar-refractivity contribution is 7.92. The van der Waals surface area contributed by atoms with Crippen LogP contribution in [0, 0.1) is 5.82 Å². The Morgan fingerprint density at radius 2 is 1.94 bits per heavy atom. The number of hydrogen-bond donors (Lipinski definition) is 2. The Labute approximate surface area is 270 Å². The number of fused-ring (bicyclic) bond motifs is 6. The first-order valence-electron chi connectivity index (χ1n) is 15.2. The van der Waals surface area contributed by atoms with Gasteiger partial charge < -0.3 is 19.4 Å². The lowest BCUT2D eigenvalue weighted by Crippen LogP contribution is -2.25. The third-order valence-electron chi connectivity index (χ3n) is 9.05. The van der Waals surface area contributed by atoms with Crippen LogP contribution in [0.25, 0.3) is 51.0 Å². The number of carbonyl (C=O) groups excluding carboxylic acids is 1. The molecule has 0 saturated carbocycles. The molecule has 9 nitrogen and oxygen atoms in total. The van der Waals surface area contributed by atoms with E-state index in [1.165, 1.54) is 38.4 Å². The van der Waals surface area contributed by atoms with Crippen molar-refractivity contribution in [3.63, 3.8) is 0 Å². The fourth-order valence-electron chi connectivity index (χ4n) is 6.67. The number of anilines is 1. The second-order valence-electron chi connectivity index (χ2n) is 11.9. The molecule has 3 aromatic heterocycles. The maximum Gasteiger partial charge on any atom is 0.255 e. The topological polar surface area (TPSA) is 118 Å². The Bertz CT molecular complexity index is 2210. The maximum atomic E-state index is 15.1. The Morgan fingerprint density at radius 3 is 2.64 bits per heavy atom. The zero-order valence-electron chi connectivity index (χ0n) is 25.9. The zero-order chi connectivity index (χ0) is 33.2. The van der Waals surface area contributed by atoms with Crippen LogP contribution in [0.5, 0.6) is 0 Å². The molecule has 0 saturated heterocycles. The first-order valence-corrected chi connectivity index (χ1v) is 17.0. The predicted molar refractivity (Wildman–Crippen MR) is 177 cm³/mol.